The molecule has 0 radical (unpaired) electrons. The molecule has 1 aliphatic rings. The van der Waals surface area contributed by atoms with Crippen LogP contribution < -0.4 is 19.6 Å². The maximum Gasteiger partial charge on any atom is 0.244 e. The highest BCUT2D eigenvalue weighted by Gasteiger charge is 2.14. The molecular formula is C17H16N2O4. The standard InChI is InChI=1S/C17H16N2O4/c1-21-14-5-2-12(3-6-14)10-18-19-17(20)9-13-4-7-15-16(8-13)23-11-22-15/h2-8,10H,9,11H2,1H3,(H,19,20)/b18-10-. The number of carbonyl (C=O) groups is 1. The zero-order valence-corrected chi connectivity index (χ0v) is 12.6. The summed E-state index contributed by atoms with van der Waals surface area (Å²) in [7, 11) is 1.61. The molecule has 0 spiro atoms. The van der Waals surface area contributed by atoms with Crippen LogP contribution in [0.3, 0.4) is 0 Å². The predicted octanol–water partition coefficient (Wildman–Crippen LogP) is 2.12. The summed E-state index contributed by atoms with van der Waals surface area (Å²) in [6, 6.07) is 12.8. The van der Waals surface area contributed by atoms with Crippen LogP contribution in [0.25, 0.3) is 0 Å². The minimum atomic E-state index is -0.200. The minimum Gasteiger partial charge on any atom is -0.497 e. The fourth-order valence-corrected chi connectivity index (χ4v) is 2.14. The molecule has 2 aromatic rings. The number of methoxy groups -OCH3 is 1. The minimum absolute atomic E-state index is 0.200. The van der Waals surface area contributed by atoms with Crippen LogP contribution in [0.5, 0.6) is 17.2 Å². The quantitative estimate of drug-likeness (QED) is 0.678. The number of carbonyl (C=O) groups excluding carboxylic acids is 1. The van der Waals surface area contributed by atoms with Gasteiger partial charge in [0.2, 0.25) is 12.7 Å². The van der Waals surface area contributed by atoms with E-state index in [1.165, 1.54) is 0 Å². The maximum atomic E-state index is 11.9. The second-order valence-corrected chi connectivity index (χ2v) is 4.93. The molecule has 1 heterocycles. The molecule has 1 N–H and O–H groups in total. The zero-order valence-electron chi connectivity index (χ0n) is 12.6. The molecule has 3 rings (SSSR count). The Morgan fingerprint density at radius 2 is 2.00 bits per heavy atom. The van der Waals surface area contributed by atoms with Crippen molar-refractivity contribution in [3.8, 4) is 17.2 Å². The number of hydrazone groups is 1. The molecule has 23 heavy (non-hydrogen) atoms. The molecule has 0 saturated heterocycles. The van der Waals surface area contributed by atoms with Gasteiger partial charge in [-0.15, -0.1) is 0 Å². The van der Waals surface area contributed by atoms with Gasteiger partial charge in [0.1, 0.15) is 5.75 Å². The lowest BCUT2D eigenvalue weighted by molar-refractivity contribution is -0.120. The third-order valence-electron chi connectivity index (χ3n) is 3.32. The van der Waals surface area contributed by atoms with E-state index < -0.39 is 0 Å². The molecule has 6 nitrogen and oxygen atoms in total. The highest BCUT2D eigenvalue weighted by Crippen LogP contribution is 2.32. The largest absolute Gasteiger partial charge is 0.497 e. The Hall–Kier alpha value is -3.02. The highest BCUT2D eigenvalue weighted by atomic mass is 16.7. The van der Waals surface area contributed by atoms with Gasteiger partial charge in [0.15, 0.2) is 11.5 Å². The molecule has 6 heteroatoms. The second kappa shape index (κ2) is 6.83. The molecule has 0 saturated carbocycles. The Labute approximate surface area is 133 Å². The monoisotopic (exact) mass is 312 g/mol. The van der Waals surface area contributed by atoms with Crippen LogP contribution >= 0.6 is 0 Å². The maximum absolute atomic E-state index is 11.9. The van der Waals surface area contributed by atoms with Gasteiger partial charge in [0.05, 0.1) is 19.7 Å². The van der Waals surface area contributed by atoms with Gasteiger partial charge in [-0.05, 0) is 47.5 Å². The number of nitrogens with zero attached hydrogens (tertiary/aromatic N) is 1. The number of nitrogens with one attached hydrogen (secondary N) is 1. The van der Waals surface area contributed by atoms with Gasteiger partial charge in [-0.25, -0.2) is 5.43 Å². The molecule has 118 valence electrons. The molecule has 1 aliphatic heterocycles. The van der Waals surface area contributed by atoms with E-state index in [2.05, 4.69) is 10.5 Å². The van der Waals surface area contributed by atoms with E-state index in [4.69, 9.17) is 14.2 Å². The molecular weight excluding hydrogens is 296 g/mol. The number of ether oxygens (including phenoxy) is 3. The Morgan fingerprint density at radius 1 is 1.22 bits per heavy atom. The van der Waals surface area contributed by atoms with Crippen molar-refractivity contribution >= 4 is 12.1 Å². The van der Waals surface area contributed by atoms with Crippen LogP contribution in [0.1, 0.15) is 11.1 Å². The van der Waals surface area contributed by atoms with Crippen LogP contribution in [0.15, 0.2) is 47.6 Å². The summed E-state index contributed by atoms with van der Waals surface area (Å²) in [4.78, 5) is 11.9. The number of amides is 1. The van der Waals surface area contributed by atoms with Crippen molar-refractivity contribution in [3.05, 3.63) is 53.6 Å². The number of hydrogen-bond acceptors (Lipinski definition) is 5. The van der Waals surface area contributed by atoms with E-state index in [0.29, 0.717) is 11.5 Å². The summed E-state index contributed by atoms with van der Waals surface area (Å²) in [5.41, 5.74) is 4.21. The van der Waals surface area contributed by atoms with Gasteiger partial charge in [-0.2, -0.15) is 5.10 Å². The van der Waals surface area contributed by atoms with Crippen molar-refractivity contribution in [1.82, 2.24) is 5.43 Å². The highest BCUT2D eigenvalue weighted by molar-refractivity contribution is 5.83. The van der Waals surface area contributed by atoms with Crippen molar-refractivity contribution in [1.29, 1.82) is 0 Å². The lowest BCUT2D eigenvalue weighted by atomic mass is 10.1. The fourth-order valence-electron chi connectivity index (χ4n) is 2.14. The van der Waals surface area contributed by atoms with E-state index in [9.17, 15) is 4.79 Å². The first-order valence-electron chi connectivity index (χ1n) is 7.09. The van der Waals surface area contributed by atoms with E-state index in [0.717, 1.165) is 16.9 Å². The van der Waals surface area contributed by atoms with Gasteiger partial charge in [-0.3, -0.25) is 4.79 Å². The number of rotatable bonds is 5. The first-order valence-corrected chi connectivity index (χ1v) is 7.09. The molecule has 0 aromatic heterocycles. The van der Waals surface area contributed by atoms with Crippen molar-refractivity contribution in [2.75, 3.05) is 13.9 Å². The first-order chi connectivity index (χ1) is 11.2. The second-order valence-electron chi connectivity index (χ2n) is 4.93. The van der Waals surface area contributed by atoms with E-state index in [1.54, 1.807) is 25.5 Å². The van der Waals surface area contributed by atoms with Crippen LogP contribution in [0, 0.1) is 0 Å². The third kappa shape index (κ3) is 3.79. The van der Waals surface area contributed by atoms with Gasteiger partial charge < -0.3 is 14.2 Å². The van der Waals surface area contributed by atoms with Gasteiger partial charge in [0.25, 0.3) is 0 Å². The normalized spacial score (nSPS) is 12.4. The van der Waals surface area contributed by atoms with E-state index >= 15 is 0 Å². The molecule has 0 fully saturated rings. The first kappa shape index (κ1) is 14.9. The third-order valence-corrected chi connectivity index (χ3v) is 3.32. The fraction of sp³-hybridized carbons (Fsp3) is 0.176. The topological polar surface area (TPSA) is 69.2 Å². The summed E-state index contributed by atoms with van der Waals surface area (Å²) in [5, 5.41) is 3.94. The smallest absolute Gasteiger partial charge is 0.244 e. The Kier molecular flexibility index (Phi) is 4.42. The Bertz CT molecular complexity index is 726. The summed E-state index contributed by atoms with van der Waals surface area (Å²) in [6.07, 6.45) is 1.80. The van der Waals surface area contributed by atoms with E-state index in [1.807, 2.05) is 30.3 Å². The molecule has 0 aliphatic carbocycles. The van der Waals surface area contributed by atoms with Crippen molar-refractivity contribution in [2.45, 2.75) is 6.42 Å². The lowest BCUT2D eigenvalue weighted by Crippen LogP contribution is -2.19. The molecule has 2 aromatic carbocycles. The van der Waals surface area contributed by atoms with Crippen molar-refractivity contribution < 1.29 is 19.0 Å². The molecule has 0 unspecified atom stereocenters. The number of fused-ring (bicyclic) bond motifs is 1. The Balaban J connectivity index is 1.53. The summed E-state index contributed by atoms with van der Waals surface area (Å²) >= 11 is 0. The van der Waals surface area contributed by atoms with Gasteiger partial charge in [0, 0.05) is 0 Å². The van der Waals surface area contributed by atoms with Crippen molar-refractivity contribution in [3.63, 3.8) is 0 Å². The predicted molar refractivity (Wildman–Crippen MR) is 85.0 cm³/mol. The molecule has 0 bridgehead atoms. The number of hydrogen-bond donors (Lipinski definition) is 1. The van der Waals surface area contributed by atoms with Crippen LogP contribution in [-0.2, 0) is 11.2 Å². The average Bonchev–Trinajstić information content (AvgIpc) is 3.03. The number of benzene rings is 2. The summed E-state index contributed by atoms with van der Waals surface area (Å²) in [6.45, 7) is 0.219. The van der Waals surface area contributed by atoms with Crippen LogP contribution in [0.2, 0.25) is 0 Å². The summed E-state index contributed by atoms with van der Waals surface area (Å²) < 4.78 is 15.6. The Morgan fingerprint density at radius 3 is 2.78 bits per heavy atom. The van der Waals surface area contributed by atoms with Crippen LogP contribution in [0.4, 0.5) is 0 Å². The lowest BCUT2D eigenvalue weighted by Gasteiger charge is -2.02. The summed E-state index contributed by atoms with van der Waals surface area (Å²) in [5.74, 6) is 1.94. The van der Waals surface area contributed by atoms with Crippen LogP contribution in [-0.4, -0.2) is 26.0 Å². The van der Waals surface area contributed by atoms with E-state index in [-0.39, 0.29) is 19.1 Å². The SMILES string of the molecule is COc1ccc(/C=N\NC(=O)Cc2ccc3c(c2)OCO3)cc1. The van der Waals surface area contributed by atoms with Crippen molar-refractivity contribution in [2.24, 2.45) is 5.10 Å². The zero-order chi connectivity index (χ0) is 16.1. The molecule has 0 atom stereocenters. The van der Waals surface area contributed by atoms with Gasteiger partial charge in [-0.1, -0.05) is 6.07 Å². The van der Waals surface area contributed by atoms with Gasteiger partial charge >= 0.3 is 0 Å². The average molecular weight is 312 g/mol. The molecule has 1 amide bonds.